The smallest absolute Gasteiger partial charge is 0.273 e. The van der Waals surface area contributed by atoms with Crippen LogP contribution in [-0.4, -0.2) is 41.7 Å². The van der Waals surface area contributed by atoms with Gasteiger partial charge in [-0.25, -0.2) is 4.79 Å². The molecular formula is C26H24N4O3. The van der Waals surface area contributed by atoms with Crippen molar-refractivity contribution in [3.8, 4) is 12.1 Å². The number of nitrogens with zero attached hydrogens (tertiary/aromatic N) is 4. The van der Waals surface area contributed by atoms with Crippen LogP contribution in [0.5, 0.6) is 0 Å². The second kappa shape index (κ2) is 8.52. The first kappa shape index (κ1) is 22.2. The quantitative estimate of drug-likeness (QED) is 0.677. The van der Waals surface area contributed by atoms with Crippen molar-refractivity contribution in [1.82, 2.24) is 9.80 Å². The summed E-state index contributed by atoms with van der Waals surface area (Å²) in [7, 11) is 2.80. The highest BCUT2D eigenvalue weighted by Gasteiger charge is 2.66. The molecule has 7 nitrogen and oxygen atoms in total. The molecule has 0 N–H and O–H groups in total. The minimum absolute atomic E-state index is 0.312. The molecule has 4 amide bonds. The molecule has 1 heterocycles. The first-order valence-electron chi connectivity index (χ1n) is 10.9. The minimum Gasteiger partial charge on any atom is -0.273 e. The Labute approximate surface area is 192 Å². The van der Waals surface area contributed by atoms with E-state index in [2.05, 4.69) is 12.1 Å². The van der Waals surface area contributed by atoms with Crippen LogP contribution in [0.25, 0.3) is 0 Å². The van der Waals surface area contributed by atoms with E-state index in [-0.39, 0.29) is 5.92 Å². The fourth-order valence-corrected chi connectivity index (χ4v) is 5.64. The van der Waals surface area contributed by atoms with Crippen molar-refractivity contribution in [1.29, 1.82) is 10.5 Å². The fraction of sp³-hybridized carbons (Fsp3) is 0.346. The second-order valence-electron chi connectivity index (χ2n) is 8.77. The van der Waals surface area contributed by atoms with Crippen molar-refractivity contribution < 1.29 is 14.4 Å². The highest BCUT2D eigenvalue weighted by molar-refractivity contribution is 6.20. The van der Waals surface area contributed by atoms with Crippen LogP contribution >= 0.6 is 0 Å². The summed E-state index contributed by atoms with van der Waals surface area (Å²) in [5, 5.41) is 19.3. The molecule has 1 aliphatic heterocycles. The van der Waals surface area contributed by atoms with E-state index in [1.807, 2.05) is 60.7 Å². The Kier molecular flexibility index (Phi) is 5.74. The third-order valence-corrected chi connectivity index (χ3v) is 7.22. The van der Waals surface area contributed by atoms with Crippen LogP contribution < -0.4 is 0 Å². The largest absolute Gasteiger partial charge is 0.332 e. The standard InChI is InChI=1S/C26H24N4O3/c1-29-23(31)26(24(32)30(2)25(29)33)21(17-9-5-3-6-10-17)13-19(20(15-27)16-28)14-22(26)18-11-7-4-8-12-18/h3-12,19-22H,13-14H2,1-2H3/t19?,21-,22+. The van der Waals surface area contributed by atoms with Crippen molar-refractivity contribution in [2.45, 2.75) is 24.7 Å². The molecule has 166 valence electrons. The van der Waals surface area contributed by atoms with Crippen LogP contribution in [0.2, 0.25) is 0 Å². The summed E-state index contributed by atoms with van der Waals surface area (Å²) in [5.41, 5.74) is -0.0160. The Hall–Kier alpha value is -3.97. The third-order valence-electron chi connectivity index (χ3n) is 7.22. The maximum atomic E-state index is 14.0. The van der Waals surface area contributed by atoms with Gasteiger partial charge in [0.1, 0.15) is 11.3 Å². The number of hydrogen-bond donors (Lipinski definition) is 0. The number of rotatable bonds is 3. The molecule has 2 aromatic carbocycles. The number of urea groups is 1. The first-order valence-corrected chi connectivity index (χ1v) is 10.9. The van der Waals surface area contributed by atoms with E-state index in [9.17, 15) is 24.9 Å². The van der Waals surface area contributed by atoms with E-state index in [0.717, 1.165) is 20.9 Å². The number of carbonyl (C=O) groups is 3. The molecule has 1 unspecified atom stereocenters. The molecule has 1 aliphatic carbocycles. The van der Waals surface area contributed by atoms with Crippen LogP contribution in [0, 0.1) is 39.9 Å². The van der Waals surface area contributed by atoms with E-state index >= 15 is 0 Å². The van der Waals surface area contributed by atoms with Crippen LogP contribution in [0.15, 0.2) is 60.7 Å². The molecule has 2 aliphatic rings. The maximum Gasteiger partial charge on any atom is 0.332 e. The van der Waals surface area contributed by atoms with Gasteiger partial charge in [0.15, 0.2) is 0 Å². The summed E-state index contributed by atoms with van der Waals surface area (Å²) in [4.78, 5) is 42.7. The molecule has 7 heteroatoms. The number of nitriles is 2. The van der Waals surface area contributed by atoms with Crippen LogP contribution in [0.4, 0.5) is 4.79 Å². The number of carbonyl (C=O) groups excluding carboxylic acids is 3. The zero-order valence-corrected chi connectivity index (χ0v) is 18.5. The summed E-state index contributed by atoms with van der Waals surface area (Å²) >= 11 is 0. The summed E-state index contributed by atoms with van der Waals surface area (Å²) < 4.78 is 0. The van der Waals surface area contributed by atoms with Gasteiger partial charge in [-0.2, -0.15) is 10.5 Å². The van der Waals surface area contributed by atoms with Gasteiger partial charge < -0.3 is 0 Å². The van der Waals surface area contributed by atoms with E-state index in [0.29, 0.717) is 12.8 Å². The SMILES string of the molecule is CN1C(=O)N(C)C(=O)C2(C1=O)[C@@H](c1ccccc1)CC(C(C#N)C#N)C[C@H]2c1ccccc1. The van der Waals surface area contributed by atoms with Crippen LogP contribution in [0.3, 0.4) is 0 Å². The zero-order chi connectivity index (χ0) is 23.8. The molecule has 2 fully saturated rings. The first-order chi connectivity index (χ1) is 15.9. The number of hydrogen-bond acceptors (Lipinski definition) is 5. The average molecular weight is 441 g/mol. The predicted octanol–water partition coefficient (Wildman–Crippen LogP) is 3.66. The lowest BCUT2D eigenvalue weighted by Crippen LogP contribution is -2.68. The van der Waals surface area contributed by atoms with Gasteiger partial charge in [0.2, 0.25) is 11.8 Å². The van der Waals surface area contributed by atoms with Crippen LogP contribution in [-0.2, 0) is 9.59 Å². The highest BCUT2D eigenvalue weighted by Crippen LogP contribution is 2.60. The maximum absolute atomic E-state index is 14.0. The van der Waals surface area contributed by atoms with Gasteiger partial charge in [-0.05, 0) is 29.9 Å². The summed E-state index contributed by atoms with van der Waals surface area (Å²) in [5.74, 6) is -3.50. The summed E-state index contributed by atoms with van der Waals surface area (Å²) in [6, 6.07) is 22.0. The Bertz CT molecular complexity index is 1080. The minimum atomic E-state index is -1.56. The highest BCUT2D eigenvalue weighted by atomic mass is 16.2. The molecule has 0 aromatic heterocycles. The molecule has 1 saturated carbocycles. The normalized spacial score (nSPS) is 24.6. The van der Waals surface area contributed by atoms with Crippen LogP contribution in [0.1, 0.15) is 35.8 Å². The van der Waals surface area contributed by atoms with Gasteiger partial charge in [-0.3, -0.25) is 19.4 Å². The van der Waals surface area contributed by atoms with E-state index in [1.54, 1.807) is 0 Å². The molecule has 0 radical (unpaired) electrons. The number of amides is 4. The molecule has 3 atom stereocenters. The Morgan fingerprint density at radius 3 is 1.55 bits per heavy atom. The van der Waals surface area contributed by atoms with Crippen molar-refractivity contribution >= 4 is 17.8 Å². The number of barbiturate groups is 1. The van der Waals surface area contributed by atoms with Crippen molar-refractivity contribution in [3.05, 3.63) is 71.8 Å². The van der Waals surface area contributed by atoms with E-state index in [1.165, 1.54) is 14.1 Å². The Balaban J connectivity index is 2.01. The Morgan fingerprint density at radius 2 is 1.18 bits per heavy atom. The summed E-state index contributed by atoms with van der Waals surface area (Å²) in [6.07, 6.45) is 0.624. The second-order valence-corrected chi connectivity index (χ2v) is 8.77. The molecule has 33 heavy (non-hydrogen) atoms. The molecule has 0 bridgehead atoms. The Morgan fingerprint density at radius 1 is 0.788 bits per heavy atom. The summed E-state index contributed by atoms with van der Waals surface area (Å²) in [6.45, 7) is 0. The molecule has 1 spiro atoms. The third kappa shape index (κ3) is 3.29. The fourth-order valence-electron chi connectivity index (χ4n) is 5.64. The monoisotopic (exact) mass is 440 g/mol. The molecule has 2 aromatic rings. The van der Waals surface area contributed by atoms with Crippen molar-refractivity contribution in [3.63, 3.8) is 0 Å². The number of benzene rings is 2. The van der Waals surface area contributed by atoms with Gasteiger partial charge >= 0.3 is 6.03 Å². The molecular weight excluding hydrogens is 416 g/mol. The van der Waals surface area contributed by atoms with Gasteiger partial charge in [0, 0.05) is 25.9 Å². The van der Waals surface area contributed by atoms with Crippen molar-refractivity contribution in [2.24, 2.45) is 17.3 Å². The topological polar surface area (TPSA) is 105 Å². The lowest BCUT2D eigenvalue weighted by atomic mass is 9.51. The zero-order valence-electron chi connectivity index (χ0n) is 18.5. The van der Waals surface area contributed by atoms with Gasteiger partial charge in [0.25, 0.3) is 0 Å². The molecule has 1 saturated heterocycles. The lowest BCUT2D eigenvalue weighted by molar-refractivity contribution is -0.164. The van der Waals surface area contributed by atoms with Gasteiger partial charge in [-0.15, -0.1) is 0 Å². The predicted molar refractivity (Wildman–Crippen MR) is 119 cm³/mol. The van der Waals surface area contributed by atoms with E-state index < -0.39 is 41.0 Å². The van der Waals surface area contributed by atoms with Crippen molar-refractivity contribution in [2.75, 3.05) is 14.1 Å². The van der Waals surface area contributed by atoms with E-state index in [4.69, 9.17) is 0 Å². The molecule has 4 rings (SSSR count). The van der Waals surface area contributed by atoms with Gasteiger partial charge in [-0.1, -0.05) is 60.7 Å². The lowest BCUT2D eigenvalue weighted by Gasteiger charge is -2.54. The average Bonchev–Trinajstić information content (AvgIpc) is 2.87. The van der Waals surface area contributed by atoms with Gasteiger partial charge in [0.05, 0.1) is 12.1 Å². The number of imide groups is 2.